The van der Waals surface area contributed by atoms with E-state index in [1.165, 1.54) is 6.07 Å². The monoisotopic (exact) mass is 457 g/mol. The molecule has 1 fully saturated rings. The molecule has 0 bridgehead atoms. The number of hydrogen-bond acceptors (Lipinski definition) is 8. The maximum Gasteiger partial charge on any atom is 0.305 e. The lowest BCUT2D eigenvalue weighted by Crippen LogP contribution is -2.43. The van der Waals surface area contributed by atoms with Gasteiger partial charge in [0.2, 0.25) is 0 Å². The number of aryl methyl sites for hydroxylation is 1. The van der Waals surface area contributed by atoms with Crippen molar-refractivity contribution < 1.29 is 4.92 Å². The van der Waals surface area contributed by atoms with Gasteiger partial charge in [0.1, 0.15) is 17.1 Å². The van der Waals surface area contributed by atoms with E-state index in [0.29, 0.717) is 6.54 Å². The molecule has 1 atom stereocenters. The van der Waals surface area contributed by atoms with Gasteiger partial charge in [0, 0.05) is 36.6 Å². The van der Waals surface area contributed by atoms with Gasteiger partial charge in [-0.3, -0.25) is 10.1 Å². The Balaban J connectivity index is 0.00000225. The minimum Gasteiger partial charge on any atom is -0.398 e. The van der Waals surface area contributed by atoms with E-state index in [2.05, 4.69) is 21.8 Å². The summed E-state index contributed by atoms with van der Waals surface area (Å²) in [4.78, 5) is 22.5. The van der Waals surface area contributed by atoms with Crippen LogP contribution in [0.25, 0.3) is 11.4 Å². The molecule has 30 heavy (non-hydrogen) atoms. The number of benzene rings is 1. The lowest BCUT2D eigenvalue weighted by Gasteiger charge is -2.32. The van der Waals surface area contributed by atoms with Crippen LogP contribution in [0.1, 0.15) is 38.3 Å². The van der Waals surface area contributed by atoms with E-state index in [9.17, 15) is 10.1 Å². The molecule has 1 aliphatic heterocycles. The predicted molar refractivity (Wildman–Crippen MR) is 125 cm³/mol. The summed E-state index contributed by atoms with van der Waals surface area (Å²) in [6, 6.07) is 5.02. The summed E-state index contributed by atoms with van der Waals surface area (Å²) in [7, 11) is 0. The largest absolute Gasteiger partial charge is 0.398 e. The molecule has 11 heteroatoms. The van der Waals surface area contributed by atoms with Crippen LogP contribution in [0.3, 0.4) is 0 Å². The summed E-state index contributed by atoms with van der Waals surface area (Å²) in [5.74, 6) is 0.960. The zero-order valence-corrected chi connectivity index (χ0v) is 18.5. The maximum absolute atomic E-state index is 11.6. The van der Waals surface area contributed by atoms with E-state index >= 15 is 0 Å². The highest BCUT2D eigenvalue weighted by atomic mass is 35.5. The lowest BCUT2D eigenvalue weighted by molar-refractivity contribution is -0.383. The molecule has 166 valence electrons. The van der Waals surface area contributed by atoms with Gasteiger partial charge in [-0.25, -0.2) is 9.97 Å². The highest BCUT2D eigenvalue weighted by Gasteiger charge is 2.26. The number of hydrogen-bond donors (Lipinski definition) is 3. The first-order valence-corrected chi connectivity index (χ1v) is 9.62. The minimum absolute atomic E-state index is 0. The third kappa shape index (κ3) is 5.62. The van der Waals surface area contributed by atoms with E-state index in [-0.39, 0.29) is 59.3 Å². The predicted octanol–water partition coefficient (Wildman–Crippen LogP) is 3.33. The Labute approximate surface area is 188 Å². The number of nitrogens with zero attached hydrogens (tertiary/aromatic N) is 4. The highest BCUT2D eigenvalue weighted by Crippen LogP contribution is 2.38. The second-order valence-corrected chi connectivity index (χ2v) is 7.22. The second kappa shape index (κ2) is 11.1. The van der Waals surface area contributed by atoms with Crippen LogP contribution in [-0.2, 0) is 6.42 Å². The number of nitrogens with two attached hydrogens (primary N) is 3. The van der Waals surface area contributed by atoms with Crippen molar-refractivity contribution in [2.24, 2.45) is 5.73 Å². The molecule has 2 aromatic rings. The van der Waals surface area contributed by atoms with E-state index < -0.39 is 4.92 Å². The summed E-state index contributed by atoms with van der Waals surface area (Å²) in [5, 5.41) is 11.6. The molecule has 1 aromatic carbocycles. The molecular formula is C19H29Cl2N7O2. The summed E-state index contributed by atoms with van der Waals surface area (Å²) >= 11 is 0. The van der Waals surface area contributed by atoms with Gasteiger partial charge in [-0.15, -0.1) is 24.8 Å². The summed E-state index contributed by atoms with van der Waals surface area (Å²) in [6.45, 7) is 3.64. The zero-order chi connectivity index (χ0) is 20.3. The molecular weight excluding hydrogens is 429 g/mol. The van der Waals surface area contributed by atoms with Crippen LogP contribution < -0.4 is 22.1 Å². The third-order valence-corrected chi connectivity index (χ3v) is 4.98. The van der Waals surface area contributed by atoms with Crippen molar-refractivity contribution in [2.75, 3.05) is 29.5 Å². The van der Waals surface area contributed by atoms with Crippen molar-refractivity contribution in [3.63, 3.8) is 0 Å². The van der Waals surface area contributed by atoms with Gasteiger partial charge in [0.15, 0.2) is 5.82 Å². The number of unbranched alkanes of at least 4 members (excludes halogenated alkanes) is 1. The SMILES string of the molecule is CCCCc1cc(N2CCCC(N)C2)nc(-c2c(N)ccc(N)c2[N+](=O)[O-])n1.Cl.Cl. The second-order valence-electron chi connectivity index (χ2n) is 7.22. The molecule has 1 aromatic heterocycles. The number of anilines is 3. The minimum atomic E-state index is -0.528. The van der Waals surface area contributed by atoms with Crippen LogP contribution in [0.2, 0.25) is 0 Å². The van der Waals surface area contributed by atoms with Crippen LogP contribution >= 0.6 is 24.8 Å². The Morgan fingerprint density at radius 1 is 1.23 bits per heavy atom. The van der Waals surface area contributed by atoms with Crippen LogP contribution in [0.5, 0.6) is 0 Å². The Kier molecular flexibility index (Phi) is 9.54. The molecule has 0 saturated carbocycles. The van der Waals surface area contributed by atoms with Crippen LogP contribution in [0.4, 0.5) is 22.9 Å². The third-order valence-electron chi connectivity index (χ3n) is 4.98. The summed E-state index contributed by atoms with van der Waals surface area (Å²) < 4.78 is 0. The molecule has 2 heterocycles. The number of nitro benzene ring substituents is 1. The van der Waals surface area contributed by atoms with Crippen LogP contribution in [0, 0.1) is 10.1 Å². The van der Waals surface area contributed by atoms with Crippen molar-refractivity contribution in [3.8, 4) is 11.4 Å². The molecule has 0 spiro atoms. The quantitative estimate of drug-likeness (QED) is 0.339. The van der Waals surface area contributed by atoms with Gasteiger partial charge in [-0.2, -0.15) is 0 Å². The van der Waals surface area contributed by atoms with Crippen molar-refractivity contribution >= 4 is 47.7 Å². The van der Waals surface area contributed by atoms with Crippen molar-refractivity contribution in [1.82, 2.24) is 9.97 Å². The molecule has 1 unspecified atom stereocenters. The molecule has 1 aliphatic rings. The summed E-state index contributed by atoms with van der Waals surface area (Å²) in [5.41, 5.74) is 19.1. The van der Waals surface area contributed by atoms with Crippen molar-refractivity contribution in [3.05, 3.63) is 34.0 Å². The standard InChI is InChI=1S/C19H27N7O2.2ClH/c1-2-3-6-13-10-16(25-9-4-5-12(20)11-25)24-19(23-13)17-14(21)7-8-15(22)18(17)26(27)28;;/h7-8,10,12H,2-6,9,11,20-22H2,1H3;2*1H. The molecule has 0 amide bonds. The Bertz CT molecular complexity index is 882. The number of nitrogen functional groups attached to an aromatic ring is 2. The lowest BCUT2D eigenvalue weighted by atomic mass is 10.1. The number of rotatable bonds is 6. The molecule has 6 N–H and O–H groups in total. The van der Waals surface area contributed by atoms with Gasteiger partial charge >= 0.3 is 5.69 Å². The van der Waals surface area contributed by atoms with Crippen molar-refractivity contribution in [1.29, 1.82) is 0 Å². The van der Waals surface area contributed by atoms with E-state index in [1.807, 2.05) is 6.07 Å². The molecule has 0 aliphatic carbocycles. The van der Waals surface area contributed by atoms with Gasteiger partial charge in [0.05, 0.1) is 4.92 Å². The van der Waals surface area contributed by atoms with Gasteiger partial charge in [-0.05, 0) is 37.8 Å². The molecule has 1 saturated heterocycles. The van der Waals surface area contributed by atoms with Gasteiger partial charge in [0.25, 0.3) is 0 Å². The first kappa shape index (κ1) is 25.7. The van der Waals surface area contributed by atoms with E-state index in [1.54, 1.807) is 6.07 Å². The maximum atomic E-state index is 11.6. The first-order chi connectivity index (χ1) is 13.4. The number of nitro groups is 1. The fourth-order valence-electron chi connectivity index (χ4n) is 3.52. The van der Waals surface area contributed by atoms with Crippen LogP contribution in [0.15, 0.2) is 18.2 Å². The average molecular weight is 458 g/mol. The Morgan fingerprint density at radius 2 is 1.93 bits per heavy atom. The zero-order valence-electron chi connectivity index (χ0n) is 16.9. The van der Waals surface area contributed by atoms with Gasteiger partial charge < -0.3 is 22.1 Å². The Morgan fingerprint density at radius 3 is 2.57 bits per heavy atom. The first-order valence-electron chi connectivity index (χ1n) is 9.62. The Hall–Kier alpha value is -2.36. The molecule has 3 rings (SSSR count). The number of piperidine rings is 1. The average Bonchev–Trinajstić information content (AvgIpc) is 2.67. The summed E-state index contributed by atoms with van der Waals surface area (Å²) in [6.07, 6.45) is 4.69. The molecule has 9 nitrogen and oxygen atoms in total. The fraction of sp³-hybridized carbons (Fsp3) is 0.474. The number of halogens is 2. The van der Waals surface area contributed by atoms with Crippen molar-refractivity contribution in [2.45, 2.75) is 45.1 Å². The fourth-order valence-corrected chi connectivity index (χ4v) is 3.52. The van der Waals surface area contributed by atoms with E-state index in [0.717, 1.165) is 50.2 Å². The molecule has 0 radical (unpaired) electrons. The highest BCUT2D eigenvalue weighted by molar-refractivity contribution is 5.87. The van der Waals surface area contributed by atoms with Crippen LogP contribution in [-0.4, -0.2) is 34.0 Å². The topological polar surface area (TPSA) is 150 Å². The normalized spacial score (nSPS) is 15.8. The van der Waals surface area contributed by atoms with E-state index in [4.69, 9.17) is 17.2 Å². The number of aromatic nitrogens is 2. The van der Waals surface area contributed by atoms with Gasteiger partial charge in [-0.1, -0.05) is 13.3 Å². The smallest absolute Gasteiger partial charge is 0.305 e.